The van der Waals surface area contributed by atoms with E-state index in [1.165, 1.54) is 12.1 Å². The molecule has 0 saturated heterocycles. The van der Waals surface area contributed by atoms with Gasteiger partial charge in [0.1, 0.15) is 5.82 Å². The van der Waals surface area contributed by atoms with Crippen LogP contribution in [0.4, 0.5) is 4.39 Å². The molecule has 2 N–H and O–H groups in total. The smallest absolute Gasteiger partial charge is 0.153 e. The first-order valence-electron chi connectivity index (χ1n) is 5.68. The SMILES string of the molecule is CCS(=O)(=O)[C@@H]1[C@@H](CN)[C@H]1c1cccc(F)c1. The Morgan fingerprint density at radius 1 is 1.41 bits per heavy atom. The van der Waals surface area contributed by atoms with Crippen molar-refractivity contribution in [3.05, 3.63) is 35.6 Å². The Labute approximate surface area is 101 Å². The van der Waals surface area contributed by atoms with Crippen molar-refractivity contribution in [2.45, 2.75) is 18.1 Å². The summed E-state index contributed by atoms with van der Waals surface area (Å²) in [5, 5.41) is -0.431. The van der Waals surface area contributed by atoms with Gasteiger partial charge in [-0.15, -0.1) is 0 Å². The zero-order valence-electron chi connectivity index (χ0n) is 9.64. The monoisotopic (exact) mass is 257 g/mol. The number of halogens is 1. The van der Waals surface area contributed by atoms with Gasteiger partial charge in [-0.1, -0.05) is 19.1 Å². The van der Waals surface area contributed by atoms with E-state index in [1.54, 1.807) is 19.1 Å². The number of sulfone groups is 1. The van der Waals surface area contributed by atoms with Crippen LogP contribution in [0.25, 0.3) is 0 Å². The first-order valence-corrected chi connectivity index (χ1v) is 7.40. The average Bonchev–Trinajstić information content (AvgIpc) is 3.04. The molecular formula is C12H16FNO2S. The molecule has 3 nitrogen and oxygen atoms in total. The highest BCUT2D eigenvalue weighted by molar-refractivity contribution is 7.92. The zero-order valence-corrected chi connectivity index (χ0v) is 10.5. The van der Waals surface area contributed by atoms with Crippen LogP contribution in [0, 0.1) is 11.7 Å². The van der Waals surface area contributed by atoms with Crippen LogP contribution in [-0.2, 0) is 9.84 Å². The first kappa shape index (κ1) is 12.5. The second kappa shape index (κ2) is 4.38. The third kappa shape index (κ3) is 2.21. The van der Waals surface area contributed by atoms with E-state index in [1.807, 2.05) is 0 Å². The molecule has 0 radical (unpaired) electrons. The van der Waals surface area contributed by atoms with Gasteiger partial charge in [0, 0.05) is 11.7 Å². The molecule has 1 aromatic carbocycles. The van der Waals surface area contributed by atoms with Crippen LogP contribution in [0.2, 0.25) is 0 Å². The summed E-state index contributed by atoms with van der Waals surface area (Å²) < 4.78 is 36.8. The molecule has 17 heavy (non-hydrogen) atoms. The molecule has 1 aliphatic carbocycles. The Hall–Kier alpha value is -0.940. The Kier molecular flexibility index (Phi) is 3.23. The number of hydrogen-bond acceptors (Lipinski definition) is 3. The van der Waals surface area contributed by atoms with Crippen LogP contribution >= 0.6 is 0 Å². The summed E-state index contributed by atoms with van der Waals surface area (Å²) >= 11 is 0. The van der Waals surface area contributed by atoms with Gasteiger partial charge >= 0.3 is 0 Å². The van der Waals surface area contributed by atoms with Gasteiger partial charge in [0.2, 0.25) is 0 Å². The molecule has 0 amide bonds. The van der Waals surface area contributed by atoms with Gasteiger partial charge in [0.05, 0.1) is 5.25 Å². The fourth-order valence-corrected chi connectivity index (χ4v) is 4.37. The summed E-state index contributed by atoms with van der Waals surface area (Å²) in [4.78, 5) is 0. The Balaban J connectivity index is 2.29. The van der Waals surface area contributed by atoms with E-state index in [9.17, 15) is 12.8 Å². The lowest BCUT2D eigenvalue weighted by molar-refractivity contribution is 0.592. The van der Waals surface area contributed by atoms with Crippen LogP contribution in [0.1, 0.15) is 18.4 Å². The molecule has 1 fully saturated rings. The Morgan fingerprint density at radius 3 is 2.65 bits per heavy atom. The van der Waals surface area contributed by atoms with Crippen LogP contribution in [0.15, 0.2) is 24.3 Å². The first-order chi connectivity index (χ1) is 8.01. The van der Waals surface area contributed by atoms with Gasteiger partial charge in [0.25, 0.3) is 0 Å². The highest BCUT2D eigenvalue weighted by Crippen LogP contribution is 2.51. The molecule has 94 valence electrons. The molecule has 5 heteroatoms. The molecule has 1 aliphatic rings. The molecule has 1 aromatic rings. The largest absolute Gasteiger partial charge is 0.330 e. The topological polar surface area (TPSA) is 60.2 Å². The lowest BCUT2D eigenvalue weighted by atomic mass is 10.1. The Bertz CT molecular complexity index is 515. The highest BCUT2D eigenvalue weighted by atomic mass is 32.2. The summed E-state index contributed by atoms with van der Waals surface area (Å²) in [6, 6.07) is 6.12. The fourth-order valence-electron chi connectivity index (χ4n) is 2.46. The minimum atomic E-state index is -3.10. The van der Waals surface area contributed by atoms with E-state index in [0.29, 0.717) is 6.54 Å². The van der Waals surface area contributed by atoms with Crippen LogP contribution in [0.5, 0.6) is 0 Å². The maximum absolute atomic E-state index is 13.1. The highest BCUT2D eigenvalue weighted by Gasteiger charge is 2.56. The van der Waals surface area contributed by atoms with Crippen LogP contribution in [0.3, 0.4) is 0 Å². The number of nitrogens with two attached hydrogens (primary N) is 1. The molecule has 1 saturated carbocycles. The molecule has 2 rings (SSSR count). The molecule has 0 heterocycles. The molecule has 0 unspecified atom stereocenters. The van der Waals surface area contributed by atoms with E-state index < -0.39 is 15.1 Å². The number of rotatable bonds is 4. The summed E-state index contributed by atoms with van der Waals surface area (Å²) in [6.07, 6.45) is 0. The quantitative estimate of drug-likeness (QED) is 0.884. The van der Waals surface area contributed by atoms with Crippen molar-refractivity contribution in [1.29, 1.82) is 0 Å². The summed E-state index contributed by atoms with van der Waals surface area (Å²) in [5.41, 5.74) is 6.32. The van der Waals surface area contributed by atoms with Crippen molar-refractivity contribution in [2.75, 3.05) is 12.3 Å². The number of benzene rings is 1. The minimum Gasteiger partial charge on any atom is -0.330 e. The Morgan fingerprint density at radius 2 is 2.12 bits per heavy atom. The second-order valence-corrected chi connectivity index (χ2v) is 6.84. The third-order valence-corrected chi connectivity index (χ3v) is 5.70. The van der Waals surface area contributed by atoms with Gasteiger partial charge in [0.15, 0.2) is 9.84 Å². The van der Waals surface area contributed by atoms with Crippen molar-refractivity contribution in [2.24, 2.45) is 11.7 Å². The van der Waals surface area contributed by atoms with Gasteiger partial charge in [-0.3, -0.25) is 0 Å². The van der Waals surface area contributed by atoms with Crippen LogP contribution < -0.4 is 5.73 Å². The third-order valence-electron chi connectivity index (χ3n) is 3.42. The van der Waals surface area contributed by atoms with Gasteiger partial charge < -0.3 is 5.73 Å². The molecule has 0 spiro atoms. The van der Waals surface area contributed by atoms with Crippen molar-refractivity contribution in [3.63, 3.8) is 0 Å². The zero-order chi connectivity index (χ0) is 12.6. The van der Waals surface area contributed by atoms with E-state index >= 15 is 0 Å². The van der Waals surface area contributed by atoms with Crippen molar-refractivity contribution in [3.8, 4) is 0 Å². The standard InChI is InChI=1S/C12H16FNO2S/c1-2-17(15,16)12-10(7-14)11(12)8-4-3-5-9(13)6-8/h3-6,10-12H,2,7,14H2,1H3/t10-,11+,12+/m0/s1. The minimum absolute atomic E-state index is 0.0678. The molecule has 0 aromatic heterocycles. The lowest BCUT2D eigenvalue weighted by Crippen LogP contribution is -2.15. The predicted octanol–water partition coefficient (Wildman–Crippen LogP) is 1.30. The molecular weight excluding hydrogens is 241 g/mol. The molecule has 0 aliphatic heterocycles. The maximum Gasteiger partial charge on any atom is 0.153 e. The van der Waals surface area contributed by atoms with E-state index in [-0.39, 0.29) is 23.4 Å². The van der Waals surface area contributed by atoms with E-state index in [2.05, 4.69) is 0 Å². The second-order valence-electron chi connectivity index (χ2n) is 4.40. The van der Waals surface area contributed by atoms with E-state index in [4.69, 9.17) is 5.73 Å². The summed E-state index contributed by atoms with van der Waals surface area (Å²) in [7, 11) is -3.10. The summed E-state index contributed by atoms with van der Waals surface area (Å²) in [6.45, 7) is 1.95. The lowest BCUT2D eigenvalue weighted by Gasteiger charge is -2.00. The molecule has 3 atom stereocenters. The van der Waals surface area contributed by atoms with Gasteiger partial charge in [-0.25, -0.2) is 12.8 Å². The maximum atomic E-state index is 13.1. The molecule has 0 bridgehead atoms. The summed E-state index contributed by atoms with van der Waals surface area (Å²) in [5.74, 6) is -0.430. The predicted molar refractivity (Wildman–Crippen MR) is 64.9 cm³/mol. The average molecular weight is 257 g/mol. The van der Waals surface area contributed by atoms with Crippen molar-refractivity contribution >= 4 is 9.84 Å². The van der Waals surface area contributed by atoms with E-state index in [0.717, 1.165) is 5.56 Å². The van der Waals surface area contributed by atoms with Gasteiger partial charge in [-0.2, -0.15) is 0 Å². The van der Waals surface area contributed by atoms with Crippen molar-refractivity contribution < 1.29 is 12.8 Å². The van der Waals surface area contributed by atoms with Crippen molar-refractivity contribution in [1.82, 2.24) is 0 Å². The number of hydrogen-bond donors (Lipinski definition) is 1. The normalized spacial score (nSPS) is 28.1. The fraction of sp³-hybridized carbons (Fsp3) is 0.500. The van der Waals surface area contributed by atoms with Gasteiger partial charge in [-0.05, 0) is 30.2 Å². The van der Waals surface area contributed by atoms with Crippen LogP contribution in [-0.4, -0.2) is 26.0 Å².